The van der Waals surface area contributed by atoms with E-state index < -0.39 is 0 Å². The smallest absolute Gasteiger partial charge is 0.251 e. The minimum Gasteiger partial charge on any atom is -0.486 e. The number of carbonyl (C=O) groups excluding carboxylic acids is 1. The highest BCUT2D eigenvalue weighted by molar-refractivity contribution is 9.10. The van der Waals surface area contributed by atoms with Gasteiger partial charge in [-0.15, -0.1) is 0 Å². The topological polar surface area (TPSA) is 67.8 Å². The molecule has 5 nitrogen and oxygen atoms in total. The third-order valence-electron chi connectivity index (χ3n) is 3.68. The number of hydrogen-bond acceptors (Lipinski definition) is 4. The summed E-state index contributed by atoms with van der Waals surface area (Å²) in [6.07, 6.45) is 2.44. The minimum atomic E-state index is -0.217. The number of rotatable bonds is 4. The summed E-state index contributed by atoms with van der Waals surface area (Å²) in [6, 6.07) is 3.43. The van der Waals surface area contributed by atoms with Gasteiger partial charge in [-0.05, 0) is 47.3 Å². The van der Waals surface area contributed by atoms with Crippen LogP contribution in [0.15, 0.2) is 16.6 Å². The van der Waals surface area contributed by atoms with Crippen molar-refractivity contribution in [2.75, 3.05) is 19.8 Å². The molecule has 108 valence electrons. The Bertz CT molecular complexity index is 542. The SMILES string of the molecule is O=C(NC1(CCO)CC1)c1cc(Br)c2c(c1)OCCO2. The molecule has 3 rings (SSSR count). The number of halogens is 1. The zero-order valence-corrected chi connectivity index (χ0v) is 12.5. The van der Waals surface area contributed by atoms with Crippen LogP contribution >= 0.6 is 15.9 Å². The monoisotopic (exact) mass is 341 g/mol. The number of ether oxygens (including phenoxy) is 2. The maximum atomic E-state index is 12.3. The Morgan fingerprint density at radius 3 is 2.80 bits per heavy atom. The van der Waals surface area contributed by atoms with Crippen molar-refractivity contribution in [1.29, 1.82) is 0 Å². The highest BCUT2D eigenvalue weighted by Crippen LogP contribution is 2.40. The maximum absolute atomic E-state index is 12.3. The first-order chi connectivity index (χ1) is 9.63. The van der Waals surface area contributed by atoms with E-state index in [0.717, 1.165) is 12.8 Å². The van der Waals surface area contributed by atoms with Gasteiger partial charge in [-0.1, -0.05) is 0 Å². The molecule has 0 bridgehead atoms. The van der Waals surface area contributed by atoms with Gasteiger partial charge >= 0.3 is 0 Å². The van der Waals surface area contributed by atoms with Crippen LogP contribution in [0.5, 0.6) is 11.5 Å². The van der Waals surface area contributed by atoms with Crippen molar-refractivity contribution in [3.63, 3.8) is 0 Å². The van der Waals surface area contributed by atoms with Crippen molar-refractivity contribution in [3.05, 3.63) is 22.2 Å². The van der Waals surface area contributed by atoms with E-state index in [1.807, 2.05) is 0 Å². The third kappa shape index (κ3) is 2.62. The Morgan fingerprint density at radius 1 is 1.35 bits per heavy atom. The highest BCUT2D eigenvalue weighted by Gasteiger charge is 2.43. The van der Waals surface area contributed by atoms with E-state index in [1.54, 1.807) is 12.1 Å². The molecule has 0 unspecified atom stereocenters. The van der Waals surface area contributed by atoms with Crippen molar-refractivity contribution in [3.8, 4) is 11.5 Å². The quantitative estimate of drug-likeness (QED) is 0.877. The second-order valence-electron chi connectivity index (χ2n) is 5.19. The molecular weight excluding hydrogens is 326 g/mol. The van der Waals surface area contributed by atoms with Crippen molar-refractivity contribution in [1.82, 2.24) is 5.32 Å². The summed E-state index contributed by atoms with van der Waals surface area (Å²) in [7, 11) is 0. The van der Waals surface area contributed by atoms with Gasteiger partial charge in [0.1, 0.15) is 13.2 Å². The lowest BCUT2D eigenvalue weighted by Crippen LogP contribution is -2.37. The predicted molar refractivity (Wildman–Crippen MR) is 76.3 cm³/mol. The van der Waals surface area contributed by atoms with E-state index >= 15 is 0 Å². The van der Waals surface area contributed by atoms with E-state index in [2.05, 4.69) is 21.2 Å². The number of aliphatic hydroxyl groups is 1. The van der Waals surface area contributed by atoms with Crippen LogP contribution in [0.2, 0.25) is 0 Å². The molecule has 6 heteroatoms. The molecule has 1 saturated carbocycles. The summed E-state index contributed by atoms with van der Waals surface area (Å²) in [5.41, 5.74) is 0.316. The normalized spacial score (nSPS) is 18.5. The molecule has 0 spiro atoms. The number of amides is 1. The molecule has 1 aliphatic heterocycles. The molecule has 0 aromatic heterocycles. The van der Waals surface area contributed by atoms with Crippen molar-refractivity contribution in [2.45, 2.75) is 24.8 Å². The van der Waals surface area contributed by atoms with Crippen LogP contribution in [0, 0.1) is 0 Å². The first kappa shape index (κ1) is 13.7. The fourth-order valence-corrected chi connectivity index (χ4v) is 2.91. The van der Waals surface area contributed by atoms with Crippen LogP contribution in [0.4, 0.5) is 0 Å². The van der Waals surface area contributed by atoms with Gasteiger partial charge in [0.15, 0.2) is 11.5 Å². The maximum Gasteiger partial charge on any atom is 0.251 e. The number of nitrogens with one attached hydrogen (secondary N) is 1. The fourth-order valence-electron chi connectivity index (χ4n) is 2.36. The van der Waals surface area contributed by atoms with E-state index in [9.17, 15) is 4.79 Å². The fraction of sp³-hybridized carbons (Fsp3) is 0.500. The lowest BCUT2D eigenvalue weighted by Gasteiger charge is -2.21. The predicted octanol–water partition coefficient (Wildman–Crippen LogP) is 1.87. The van der Waals surface area contributed by atoms with Gasteiger partial charge in [-0.25, -0.2) is 0 Å². The molecule has 0 radical (unpaired) electrons. The van der Waals surface area contributed by atoms with E-state index in [4.69, 9.17) is 14.6 Å². The lowest BCUT2D eigenvalue weighted by molar-refractivity contribution is 0.0922. The highest BCUT2D eigenvalue weighted by atomic mass is 79.9. The second kappa shape index (κ2) is 5.26. The van der Waals surface area contributed by atoms with Crippen LogP contribution in [-0.4, -0.2) is 36.4 Å². The summed E-state index contributed by atoms with van der Waals surface area (Å²) in [5.74, 6) is 1.08. The van der Waals surface area contributed by atoms with Crippen LogP contribution in [0.25, 0.3) is 0 Å². The van der Waals surface area contributed by atoms with Gasteiger partial charge in [-0.2, -0.15) is 0 Å². The Balaban J connectivity index is 1.80. The Hall–Kier alpha value is -1.27. The molecule has 2 aliphatic rings. The molecule has 1 fully saturated rings. The molecule has 2 N–H and O–H groups in total. The molecule has 1 amide bonds. The number of carbonyl (C=O) groups is 1. The van der Waals surface area contributed by atoms with Crippen LogP contribution in [0.3, 0.4) is 0 Å². The minimum absolute atomic E-state index is 0.0884. The van der Waals surface area contributed by atoms with Gasteiger partial charge in [0.2, 0.25) is 0 Å². The zero-order valence-electron chi connectivity index (χ0n) is 10.9. The molecular formula is C14H16BrNO4. The van der Waals surface area contributed by atoms with Gasteiger partial charge in [-0.3, -0.25) is 4.79 Å². The van der Waals surface area contributed by atoms with Gasteiger partial charge in [0.25, 0.3) is 5.91 Å². The number of hydrogen-bond donors (Lipinski definition) is 2. The standard InChI is InChI=1S/C14H16BrNO4/c15-10-7-9(8-11-12(10)20-6-5-19-11)13(18)16-14(1-2-14)3-4-17/h7-8,17H,1-6H2,(H,16,18). The van der Waals surface area contributed by atoms with E-state index in [-0.39, 0.29) is 18.1 Å². The summed E-state index contributed by atoms with van der Waals surface area (Å²) in [6.45, 7) is 1.08. The van der Waals surface area contributed by atoms with Gasteiger partial charge in [0.05, 0.1) is 4.47 Å². The molecule has 0 saturated heterocycles. The van der Waals surface area contributed by atoms with Crippen LogP contribution in [0.1, 0.15) is 29.6 Å². The van der Waals surface area contributed by atoms with Crippen molar-refractivity contribution < 1.29 is 19.4 Å². The number of benzene rings is 1. The van der Waals surface area contributed by atoms with Gasteiger partial charge in [0, 0.05) is 17.7 Å². The third-order valence-corrected chi connectivity index (χ3v) is 4.27. The molecule has 20 heavy (non-hydrogen) atoms. The molecule has 1 aromatic rings. The first-order valence-electron chi connectivity index (χ1n) is 6.66. The van der Waals surface area contributed by atoms with Crippen molar-refractivity contribution >= 4 is 21.8 Å². The number of aliphatic hydroxyl groups excluding tert-OH is 1. The molecule has 0 atom stereocenters. The average Bonchev–Trinajstić information content (AvgIpc) is 3.18. The van der Waals surface area contributed by atoms with Gasteiger partial charge < -0.3 is 19.9 Å². The summed E-state index contributed by atoms with van der Waals surface area (Å²) in [5, 5.41) is 12.0. The second-order valence-corrected chi connectivity index (χ2v) is 6.04. The Labute approximate surface area is 125 Å². The average molecular weight is 342 g/mol. The van der Waals surface area contributed by atoms with Crippen LogP contribution in [-0.2, 0) is 0 Å². The molecule has 1 heterocycles. The van der Waals surface area contributed by atoms with E-state index in [1.165, 1.54) is 0 Å². The van der Waals surface area contributed by atoms with E-state index in [0.29, 0.717) is 41.2 Å². The Kier molecular flexibility index (Phi) is 3.60. The zero-order chi connectivity index (χ0) is 14.2. The number of fused-ring (bicyclic) bond motifs is 1. The summed E-state index contributed by atoms with van der Waals surface area (Å²) in [4.78, 5) is 12.3. The van der Waals surface area contributed by atoms with Crippen LogP contribution < -0.4 is 14.8 Å². The summed E-state index contributed by atoms with van der Waals surface area (Å²) < 4.78 is 11.7. The summed E-state index contributed by atoms with van der Waals surface area (Å²) >= 11 is 3.40. The largest absolute Gasteiger partial charge is 0.486 e. The van der Waals surface area contributed by atoms with Crippen molar-refractivity contribution in [2.24, 2.45) is 0 Å². The lowest BCUT2D eigenvalue weighted by atomic mass is 10.1. The first-order valence-corrected chi connectivity index (χ1v) is 7.45. The molecule has 1 aliphatic carbocycles. The molecule has 1 aromatic carbocycles. The Morgan fingerprint density at radius 2 is 2.10 bits per heavy atom.